The molecule has 2 amide bonds. The van der Waals surface area contributed by atoms with Crippen LogP contribution in [0.2, 0.25) is 0 Å². The van der Waals surface area contributed by atoms with Gasteiger partial charge in [0.2, 0.25) is 11.8 Å². The van der Waals surface area contributed by atoms with E-state index in [1.54, 1.807) is 12.5 Å². The second-order valence-electron chi connectivity index (χ2n) is 6.10. The zero-order valence-corrected chi connectivity index (χ0v) is 12.0. The van der Waals surface area contributed by atoms with Gasteiger partial charge in [-0.25, -0.2) is 4.39 Å². The van der Waals surface area contributed by atoms with Crippen molar-refractivity contribution in [3.05, 3.63) is 36.5 Å². The Balaban J connectivity index is 1.97. The molecular weight excluding hydrogens is 287 g/mol. The van der Waals surface area contributed by atoms with E-state index < -0.39 is 29.3 Å². The Kier molecular flexibility index (Phi) is 3.64. The van der Waals surface area contributed by atoms with Crippen LogP contribution in [0, 0.1) is 17.7 Å². The van der Waals surface area contributed by atoms with Crippen LogP contribution in [-0.2, 0) is 9.59 Å². The van der Waals surface area contributed by atoms with Crippen LogP contribution in [0.3, 0.4) is 0 Å². The maximum Gasteiger partial charge on any atom is 0.240 e. The molecule has 1 saturated carbocycles. The lowest BCUT2D eigenvalue weighted by molar-refractivity contribution is -0.127. The van der Waals surface area contributed by atoms with Crippen molar-refractivity contribution in [1.29, 1.82) is 0 Å². The average molecular weight is 305 g/mol. The van der Waals surface area contributed by atoms with Crippen LogP contribution in [0.25, 0.3) is 0 Å². The molecule has 5 nitrogen and oxygen atoms in total. The van der Waals surface area contributed by atoms with E-state index in [-0.39, 0.29) is 5.91 Å². The van der Waals surface area contributed by atoms with Crippen LogP contribution < -0.4 is 10.6 Å². The van der Waals surface area contributed by atoms with E-state index in [1.165, 1.54) is 23.1 Å². The van der Waals surface area contributed by atoms with Crippen molar-refractivity contribution >= 4 is 17.5 Å². The molecule has 0 bridgehead atoms. The van der Waals surface area contributed by atoms with Crippen molar-refractivity contribution in [2.45, 2.75) is 37.8 Å². The first-order valence-electron chi connectivity index (χ1n) is 7.33. The minimum Gasteiger partial charge on any atom is -0.393 e. The van der Waals surface area contributed by atoms with Crippen LogP contribution in [0.15, 0.2) is 24.3 Å². The third kappa shape index (κ3) is 2.37. The number of aliphatic hydroxyl groups excluding tert-OH is 1. The Labute approximate surface area is 127 Å². The molecule has 2 fully saturated rings. The highest BCUT2D eigenvalue weighted by molar-refractivity contribution is 6.06. The summed E-state index contributed by atoms with van der Waals surface area (Å²) in [6.45, 7) is 0. The van der Waals surface area contributed by atoms with E-state index in [9.17, 15) is 19.1 Å². The summed E-state index contributed by atoms with van der Waals surface area (Å²) in [4.78, 5) is 26.0. The Hall–Kier alpha value is -1.95. The summed E-state index contributed by atoms with van der Waals surface area (Å²) < 4.78 is 13.5. The minimum absolute atomic E-state index is 0.218. The number of anilines is 1. The molecule has 1 aromatic rings. The molecule has 1 aliphatic carbocycles. The number of carbonyl (C=O) groups is 2. The van der Waals surface area contributed by atoms with Crippen molar-refractivity contribution < 1.29 is 19.1 Å². The van der Waals surface area contributed by atoms with Gasteiger partial charge >= 0.3 is 0 Å². The molecule has 0 aromatic heterocycles. The number of nitrogens with zero attached hydrogens (tertiary/aromatic N) is 1. The lowest BCUT2D eigenvalue weighted by Crippen LogP contribution is -2.43. The molecule has 2 aliphatic rings. The van der Waals surface area contributed by atoms with Crippen LogP contribution in [-0.4, -0.2) is 29.1 Å². The number of aliphatic hydroxyl groups is 1. The number of rotatable bonds is 2. The van der Waals surface area contributed by atoms with Gasteiger partial charge in [-0.15, -0.1) is 0 Å². The fourth-order valence-corrected chi connectivity index (χ4v) is 3.48. The molecule has 1 radical (unpaired) electrons. The average Bonchev–Trinajstić information content (AvgIpc) is 2.76. The van der Waals surface area contributed by atoms with Gasteiger partial charge in [0.05, 0.1) is 11.5 Å². The maximum absolute atomic E-state index is 13.5. The first kappa shape index (κ1) is 15.0. The molecule has 3 N–H and O–H groups in total. The van der Waals surface area contributed by atoms with Crippen LogP contribution in [0.4, 0.5) is 10.1 Å². The standard InChI is InChI=1S/C16H18FN2O3/c17-10-2-1-3-11(8-10)19-13(14(18)21)9-16(15(19)22)6-4-12(20)5-7-16/h1-4,8,12-13,20H,5-7,9H2,(H2,18,21). The third-order valence-electron chi connectivity index (χ3n) is 4.68. The molecule has 3 rings (SSSR count). The van der Waals surface area contributed by atoms with Gasteiger partial charge in [0.15, 0.2) is 0 Å². The van der Waals surface area contributed by atoms with Crippen molar-refractivity contribution in [2.75, 3.05) is 4.90 Å². The third-order valence-corrected chi connectivity index (χ3v) is 4.68. The van der Waals surface area contributed by atoms with Crippen LogP contribution in [0.5, 0.6) is 0 Å². The lowest BCUT2D eigenvalue weighted by Gasteiger charge is -2.33. The summed E-state index contributed by atoms with van der Waals surface area (Å²) in [5, 5.41) is 9.61. The molecule has 1 aromatic carbocycles. The molecule has 3 atom stereocenters. The molecule has 1 spiro atoms. The summed E-state index contributed by atoms with van der Waals surface area (Å²) in [5.74, 6) is -1.29. The van der Waals surface area contributed by atoms with Crippen LogP contribution >= 0.6 is 0 Å². The number of hydrogen-bond acceptors (Lipinski definition) is 3. The molecule has 3 unspecified atom stereocenters. The number of benzene rings is 1. The Bertz CT molecular complexity index is 611. The summed E-state index contributed by atoms with van der Waals surface area (Å²) in [6.07, 6.45) is 2.87. The fraction of sp³-hybridized carbons (Fsp3) is 0.438. The van der Waals surface area contributed by atoms with E-state index in [0.717, 1.165) is 0 Å². The highest BCUT2D eigenvalue weighted by Gasteiger charge is 2.54. The van der Waals surface area contributed by atoms with Gasteiger partial charge in [-0.1, -0.05) is 6.07 Å². The summed E-state index contributed by atoms with van der Waals surface area (Å²) >= 11 is 0. The Morgan fingerprint density at radius 2 is 2.23 bits per heavy atom. The first-order valence-corrected chi connectivity index (χ1v) is 7.33. The Morgan fingerprint density at radius 1 is 1.45 bits per heavy atom. The molecule has 6 heteroatoms. The topological polar surface area (TPSA) is 83.6 Å². The second kappa shape index (κ2) is 5.35. The molecule has 22 heavy (non-hydrogen) atoms. The lowest BCUT2D eigenvalue weighted by atomic mass is 9.71. The van der Waals surface area contributed by atoms with E-state index in [0.29, 0.717) is 31.4 Å². The molecule has 117 valence electrons. The second-order valence-corrected chi connectivity index (χ2v) is 6.10. The number of nitrogens with two attached hydrogens (primary N) is 1. The van der Waals surface area contributed by atoms with Crippen molar-refractivity contribution in [1.82, 2.24) is 0 Å². The largest absolute Gasteiger partial charge is 0.393 e. The Morgan fingerprint density at radius 3 is 2.82 bits per heavy atom. The van der Waals surface area contributed by atoms with Crippen molar-refractivity contribution in [2.24, 2.45) is 11.1 Å². The first-order chi connectivity index (χ1) is 10.4. The van der Waals surface area contributed by atoms with Crippen molar-refractivity contribution in [3.63, 3.8) is 0 Å². The predicted molar refractivity (Wildman–Crippen MR) is 78.1 cm³/mol. The number of halogens is 1. The van der Waals surface area contributed by atoms with E-state index in [1.807, 2.05) is 0 Å². The number of amides is 2. The van der Waals surface area contributed by atoms with E-state index >= 15 is 0 Å². The summed E-state index contributed by atoms with van der Waals surface area (Å²) in [6, 6.07) is 4.82. The number of carbonyl (C=O) groups excluding carboxylic acids is 2. The number of hydrogen-bond donors (Lipinski definition) is 2. The summed E-state index contributed by atoms with van der Waals surface area (Å²) in [5.41, 5.74) is 5.08. The van der Waals surface area contributed by atoms with Gasteiger partial charge in [0.1, 0.15) is 11.9 Å². The highest BCUT2D eigenvalue weighted by Crippen LogP contribution is 2.48. The van der Waals surface area contributed by atoms with Gasteiger partial charge < -0.3 is 10.8 Å². The van der Waals surface area contributed by atoms with E-state index in [2.05, 4.69) is 0 Å². The fourth-order valence-electron chi connectivity index (χ4n) is 3.48. The zero-order valence-electron chi connectivity index (χ0n) is 12.0. The van der Waals surface area contributed by atoms with Gasteiger partial charge in [0, 0.05) is 5.69 Å². The number of primary amides is 1. The smallest absolute Gasteiger partial charge is 0.240 e. The maximum atomic E-state index is 13.5. The van der Waals surface area contributed by atoms with Gasteiger partial charge in [-0.05, 0) is 50.3 Å². The van der Waals surface area contributed by atoms with Gasteiger partial charge in [0.25, 0.3) is 0 Å². The normalized spacial score (nSPS) is 31.7. The van der Waals surface area contributed by atoms with Crippen LogP contribution in [0.1, 0.15) is 25.7 Å². The predicted octanol–water partition coefficient (Wildman–Crippen LogP) is 1.15. The highest BCUT2D eigenvalue weighted by atomic mass is 19.1. The van der Waals surface area contributed by atoms with E-state index in [4.69, 9.17) is 5.73 Å². The molecule has 1 aliphatic heterocycles. The van der Waals surface area contributed by atoms with Gasteiger partial charge in [-0.3, -0.25) is 14.5 Å². The monoisotopic (exact) mass is 305 g/mol. The quantitative estimate of drug-likeness (QED) is 0.860. The van der Waals surface area contributed by atoms with Crippen molar-refractivity contribution in [3.8, 4) is 0 Å². The summed E-state index contributed by atoms with van der Waals surface area (Å²) in [7, 11) is 0. The molecular formula is C16H18FN2O3. The molecule has 1 saturated heterocycles. The minimum atomic E-state index is -0.780. The zero-order chi connectivity index (χ0) is 15.9. The SMILES string of the molecule is NC(=O)C1CC2(C[CH]C(O)CC2)C(=O)N1c1cccc(F)c1. The van der Waals surface area contributed by atoms with Gasteiger partial charge in [-0.2, -0.15) is 0 Å². The molecule has 1 heterocycles.